The Kier molecular flexibility index (Phi) is 9.00. The average molecular weight is 560 g/mol. The highest BCUT2D eigenvalue weighted by Gasteiger charge is 2.15. The van der Waals surface area contributed by atoms with E-state index in [1.165, 1.54) is 6.08 Å². The second kappa shape index (κ2) is 11.9. The van der Waals surface area contributed by atoms with Crippen LogP contribution in [0.4, 0.5) is 5.69 Å². The number of nitrogens with one attached hydrogen (secondary N) is 1. The molecule has 5 nitrogen and oxygen atoms in total. The van der Waals surface area contributed by atoms with Gasteiger partial charge < -0.3 is 14.8 Å². The lowest BCUT2D eigenvalue weighted by molar-refractivity contribution is -0.112. The van der Waals surface area contributed by atoms with Crippen LogP contribution in [0.2, 0.25) is 10.0 Å². The quantitative estimate of drug-likeness (QED) is 0.228. The van der Waals surface area contributed by atoms with Crippen LogP contribution in [0.1, 0.15) is 23.6 Å². The molecule has 3 rings (SSSR count). The maximum atomic E-state index is 12.6. The molecule has 1 N–H and O–H groups in total. The van der Waals surface area contributed by atoms with E-state index in [4.69, 9.17) is 32.7 Å². The number of aryl methyl sites for hydroxylation is 1. The molecule has 0 aromatic heterocycles. The van der Waals surface area contributed by atoms with Crippen molar-refractivity contribution in [3.05, 3.63) is 91.4 Å². The first-order valence-corrected chi connectivity index (χ1v) is 11.9. The summed E-state index contributed by atoms with van der Waals surface area (Å²) in [6, 6.07) is 18.0. The molecular formula is C26H21BrCl2N2O3. The Hall–Kier alpha value is -2.98. The highest BCUT2D eigenvalue weighted by molar-refractivity contribution is 9.10. The van der Waals surface area contributed by atoms with Crippen LogP contribution in [-0.2, 0) is 11.4 Å². The summed E-state index contributed by atoms with van der Waals surface area (Å²) in [6.45, 7) is 4.38. The molecule has 1 amide bonds. The largest absolute Gasteiger partial charge is 0.490 e. The molecule has 0 atom stereocenters. The lowest BCUT2D eigenvalue weighted by Gasteiger charge is -2.15. The van der Waals surface area contributed by atoms with Crippen molar-refractivity contribution in [2.75, 3.05) is 11.9 Å². The van der Waals surface area contributed by atoms with Gasteiger partial charge in [0.25, 0.3) is 5.91 Å². The molecule has 8 heteroatoms. The van der Waals surface area contributed by atoms with Crippen molar-refractivity contribution in [2.24, 2.45) is 0 Å². The Balaban J connectivity index is 1.86. The first kappa shape index (κ1) is 25.6. The predicted molar refractivity (Wildman–Crippen MR) is 140 cm³/mol. The molecule has 0 radical (unpaired) electrons. The van der Waals surface area contributed by atoms with E-state index in [0.717, 1.165) is 11.1 Å². The summed E-state index contributed by atoms with van der Waals surface area (Å²) in [6.07, 6.45) is 1.50. The van der Waals surface area contributed by atoms with Crippen LogP contribution in [0.3, 0.4) is 0 Å². The second-order valence-electron chi connectivity index (χ2n) is 7.28. The fourth-order valence-electron chi connectivity index (χ4n) is 3.10. The number of anilines is 1. The Bertz CT molecular complexity index is 1290. The third kappa shape index (κ3) is 6.77. The van der Waals surface area contributed by atoms with E-state index in [0.29, 0.717) is 43.9 Å². The second-order valence-corrected chi connectivity index (χ2v) is 8.98. The van der Waals surface area contributed by atoms with Crippen LogP contribution in [-0.4, -0.2) is 12.5 Å². The van der Waals surface area contributed by atoms with Crippen LogP contribution in [0.25, 0.3) is 6.08 Å². The lowest BCUT2D eigenvalue weighted by atomic mass is 10.1. The number of hydrogen-bond acceptors (Lipinski definition) is 4. The van der Waals surface area contributed by atoms with Gasteiger partial charge >= 0.3 is 0 Å². The summed E-state index contributed by atoms with van der Waals surface area (Å²) >= 11 is 15.7. The fraction of sp³-hybridized carbons (Fsp3) is 0.154. The molecule has 0 heterocycles. The summed E-state index contributed by atoms with van der Waals surface area (Å²) in [5.41, 5.74) is 2.94. The molecule has 34 heavy (non-hydrogen) atoms. The van der Waals surface area contributed by atoms with Gasteiger partial charge in [-0.2, -0.15) is 5.26 Å². The molecule has 0 fully saturated rings. The number of nitriles is 1. The van der Waals surface area contributed by atoms with Gasteiger partial charge in [0, 0.05) is 21.3 Å². The molecule has 0 aliphatic rings. The highest BCUT2D eigenvalue weighted by atomic mass is 79.9. The highest BCUT2D eigenvalue weighted by Crippen LogP contribution is 2.38. The van der Waals surface area contributed by atoms with Crippen LogP contribution >= 0.6 is 39.1 Å². The number of rotatable bonds is 8. The molecule has 3 aromatic rings. The molecule has 0 spiro atoms. The Labute approximate surface area is 217 Å². The standard InChI is InChI=1S/C26H21BrCl2N2O3/c1-3-33-24-12-17(10-19(14-30)26(32)31-21-6-4-5-16(2)9-21)11-22(27)25(24)34-15-18-7-8-20(28)13-23(18)29/h4-13H,3,15H2,1-2H3,(H,31,32)/b19-10+. The molecule has 0 aliphatic carbocycles. The van der Waals surface area contributed by atoms with Gasteiger partial charge in [-0.05, 0) is 83.4 Å². The van der Waals surface area contributed by atoms with Crippen molar-refractivity contribution in [3.63, 3.8) is 0 Å². The van der Waals surface area contributed by atoms with E-state index in [1.54, 1.807) is 36.4 Å². The summed E-state index contributed by atoms with van der Waals surface area (Å²) in [4.78, 5) is 12.6. The Morgan fingerprint density at radius 3 is 2.62 bits per heavy atom. The van der Waals surface area contributed by atoms with Crippen LogP contribution in [0.15, 0.2) is 64.6 Å². The maximum absolute atomic E-state index is 12.6. The first-order valence-electron chi connectivity index (χ1n) is 10.3. The molecule has 0 unspecified atom stereocenters. The number of halogens is 3. The van der Waals surface area contributed by atoms with E-state index < -0.39 is 5.91 Å². The van der Waals surface area contributed by atoms with Crippen LogP contribution in [0, 0.1) is 18.3 Å². The summed E-state index contributed by atoms with van der Waals surface area (Å²) in [7, 11) is 0. The van der Waals surface area contributed by atoms with Gasteiger partial charge in [-0.3, -0.25) is 4.79 Å². The molecule has 174 valence electrons. The summed E-state index contributed by atoms with van der Waals surface area (Å²) in [5, 5.41) is 13.4. The molecule has 0 saturated heterocycles. The van der Waals surface area contributed by atoms with Crippen molar-refractivity contribution >= 4 is 56.8 Å². The zero-order valence-electron chi connectivity index (χ0n) is 18.5. The van der Waals surface area contributed by atoms with Gasteiger partial charge in [0.2, 0.25) is 0 Å². The van der Waals surface area contributed by atoms with Gasteiger partial charge in [-0.25, -0.2) is 0 Å². The van der Waals surface area contributed by atoms with E-state index in [2.05, 4.69) is 21.2 Å². The first-order chi connectivity index (χ1) is 16.3. The summed E-state index contributed by atoms with van der Waals surface area (Å²) in [5.74, 6) is 0.442. The third-order valence-electron chi connectivity index (χ3n) is 4.67. The minimum Gasteiger partial charge on any atom is -0.490 e. The van der Waals surface area contributed by atoms with Crippen LogP contribution in [0.5, 0.6) is 11.5 Å². The van der Waals surface area contributed by atoms with Crippen molar-refractivity contribution in [2.45, 2.75) is 20.5 Å². The van der Waals surface area contributed by atoms with Crippen molar-refractivity contribution in [1.82, 2.24) is 0 Å². The number of amides is 1. The molecule has 0 saturated carbocycles. The average Bonchev–Trinajstić information content (AvgIpc) is 2.78. The van der Waals surface area contributed by atoms with Gasteiger partial charge in [0.1, 0.15) is 18.2 Å². The lowest BCUT2D eigenvalue weighted by Crippen LogP contribution is -2.13. The zero-order chi connectivity index (χ0) is 24.7. The van der Waals surface area contributed by atoms with E-state index in [9.17, 15) is 10.1 Å². The van der Waals surface area contributed by atoms with Crippen molar-refractivity contribution in [1.29, 1.82) is 5.26 Å². The topological polar surface area (TPSA) is 71.3 Å². The Morgan fingerprint density at radius 1 is 1.15 bits per heavy atom. The Morgan fingerprint density at radius 2 is 1.94 bits per heavy atom. The van der Waals surface area contributed by atoms with Crippen molar-refractivity contribution in [3.8, 4) is 17.6 Å². The number of benzene rings is 3. The zero-order valence-corrected chi connectivity index (χ0v) is 21.6. The maximum Gasteiger partial charge on any atom is 0.266 e. The number of carbonyl (C=O) groups excluding carboxylic acids is 1. The number of ether oxygens (including phenoxy) is 2. The normalized spacial score (nSPS) is 11.0. The predicted octanol–water partition coefficient (Wildman–Crippen LogP) is 7.59. The molecule has 3 aromatic carbocycles. The third-order valence-corrected chi connectivity index (χ3v) is 5.85. The van der Waals surface area contributed by atoms with Crippen molar-refractivity contribution < 1.29 is 14.3 Å². The van der Waals surface area contributed by atoms with Gasteiger partial charge in [-0.15, -0.1) is 0 Å². The number of nitrogens with zero attached hydrogens (tertiary/aromatic N) is 1. The van der Waals surface area contributed by atoms with Gasteiger partial charge in [-0.1, -0.05) is 41.4 Å². The van der Waals surface area contributed by atoms with Gasteiger partial charge in [0.05, 0.1) is 11.1 Å². The van der Waals surface area contributed by atoms with E-state index in [1.807, 2.05) is 38.1 Å². The number of hydrogen-bond donors (Lipinski definition) is 1. The SMILES string of the molecule is CCOc1cc(/C=C(\C#N)C(=O)Nc2cccc(C)c2)cc(Br)c1OCc1ccc(Cl)cc1Cl. The van der Waals surface area contributed by atoms with Gasteiger partial charge in [0.15, 0.2) is 11.5 Å². The van der Waals surface area contributed by atoms with Crippen LogP contribution < -0.4 is 14.8 Å². The summed E-state index contributed by atoms with van der Waals surface area (Å²) < 4.78 is 12.3. The number of carbonyl (C=O) groups is 1. The van der Waals surface area contributed by atoms with E-state index in [-0.39, 0.29) is 12.2 Å². The monoisotopic (exact) mass is 558 g/mol. The smallest absolute Gasteiger partial charge is 0.266 e. The minimum absolute atomic E-state index is 0.0440. The fourth-order valence-corrected chi connectivity index (χ4v) is 4.14. The molecule has 0 bridgehead atoms. The minimum atomic E-state index is -0.500. The molecular weight excluding hydrogens is 539 g/mol. The van der Waals surface area contributed by atoms with E-state index >= 15 is 0 Å². The molecule has 0 aliphatic heterocycles.